The van der Waals surface area contributed by atoms with Gasteiger partial charge in [0.05, 0.1) is 12.2 Å². The van der Waals surface area contributed by atoms with Crippen LogP contribution < -0.4 is 10.2 Å². The predicted molar refractivity (Wildman–Crippen MR) is 125 cm³/mol. The van der Waals surface area contributed by atoms with Gasteiger partial charge >= 0.3 is 0 Å². The van der Waals surface area contributed by atoms with Gasteiger partial charge in [0.2, 0.25) is 5.91 Å². The Morgan fingerprint density at radius 2 is 1.65 bits per heavy atom. The number of rotatable bonds is 4. The Hall–Kier alpha value is -2.38. The number of nitrogens with one attached hydrogen (secondary N) is 1. The van der Waals surface area contributed by atoms with Gasteiger partial charge in [-0.3, -0.25) is 9.59 Å². The molecule has 6 nitrogen and oxygen atoms in total. The van der Waals surface area contributed by atoms with Crippen molar-refractivity contribution in [3.05, 3.63) is 58.6 Å². The van der Waals surface area contributed by atoms with Crippen LogP contribution in [0.5, 0.6) is 0 Å². The number of amides is 2. The standard InChI is InChI=1S/C24H28BrN3O3/c1-16-14-27(15-17(2)31-16)21-11-9-20(10-12-21)26-23(29)22-4-3-13-28(22)24(30)18-5-7-19(25)8-6-18/h5-12,16-17,22H,3-4,13-15H2,1-2H3,(H,26,29). The van der Waals surface area contributed by atoms with E-state index in [0.717, 1.165) is 35.4 Å². The summed E-state index contributed by atoms with van der Waals surface area (Å²) in [6, 6.07) is 14.7. The molecule has 2 amide bonds. The molecule has 2 aliphatic heterocycles. The molecule has 0 saturated carbocycles. The number of hydrogen-bond donors (Lipinski definition) is 1. The van der Waals surface area contributed by atoms with Crippen molar-refractivity contribution in [2.24, 2.45) is 0 Å². The average Bonchev–Trinajstić information content (AvgIpc) is 3.24. The van der Waals surface area contributed by atoms with Crippen LogP contribution >= 0.6 is 15.9 Å². The van der Waals surface area contributed by atoms with Gasteiger partial charge in [-0.05, 0) is 75.2 Å². The second kappa shape index (κ2) is 9.40. The van der Waals surface area contributed by atoms with E-state index in [1.807, 2.05) is 36.4 Å². The Balaban J connectivity index is 1.40. The molecule has 2 aliphatic rings. The van der Waals surface area contributed by atoms with Crippen LogP contribution in [0.4, 0.5) is 11.4 Å². The maximum atomic E-state index is 12.9. The Bertz CT molecular complexity index is 922. The molecule has 3 atom stereocenters. The number of carbonyl (C=O) groups is 2. The summed E-state index contributed by atoms with van der Waals surface area (Å²) >= 11 is 3.39. The highest BCUT2D eigenvalue weighted by Gasteiger charge is 2.34. The highest BCUT2D eigenvalue weighted by Crippen LogP contribution is 2.25. The summed E-state index contributed by atoms with van der Waals surface area (Å²) in [4.78, 5) is 29.9. The van der Waals surface area contributed by atoms with E-state index >= 15 is 0 Å². The molecule has 0 aliphatic carbocycles. The van der Waals surface area contributed by atoms with Crippen LogP contribution in [0, 0.1) is 0 Å². The second-order valence-corrected chi connectivity index (χ2v) is 9.28. The maximum Gasteiger partial charge on any atom is 0.254 e. The molecule has 7 heteroatoms. The molecule has 0 aromatic heterocycles. The van der Waals surface area contributed by atoms with E-state index in [1.165, 1.54) is 0 Å². The van der Waals surface area contributed by atoms with Gasteiger partial charge in [0.15, 0.2) is 0 Å². The molecule has 164 valence electrons. The fourth-order valence-electron chi connectivity index (χ4n) is 4.41. The molecule has 0 radical (unpaired) electrons. The van der Waals surface area contributed by atoms with Gasteiger partial charge in [-0.25, -0.2) is 0 Å². The lowest BCUT2D eigenvalue weighted by Gasteiger charge is -2.36. The van der Waals surface area contributed by atoms with Crippen molar-refractivity contribution < 1.29 is 14.3 Å². The maximum absolute atomic E-state index is 12.9. The molecule has 2 saturated heterocycles. The van der Waals surface area contributed by atoms with Crippen molar-refractivity contribution in [1.29, 1.82) is 0 Å². The minimum absolute atomic E-state index is 0.101. The fraction of sp³-hybridized carbons (Fsp3) is 0.417. The number of likely N-dealkylation sites (tertiary alicyclic amines) is 1. The molecule has 1 N–H and O–H groups in total. The van der Waals surface area contributed by atoms with E-state index in [1.54, 1.807) is 17.0 Å². The van der Waals surface area contributed by atoms with Crippen molar-refractivity contribution in [3.8, 4) is 0 Å². The zero-order valence-corrected chi connectivity index (χ0v) is 19.5. The van der Waals surface area contributed by atoms with Gasteiger partial charge in [-0.2, -0.15) is 0 Å². The van der Waals surface area contributed by atoms with E-state index in [-0.39, 0.29) is 24.0 Å². The Morgan fingerprint density at radius 3 is 2.29 bits per heavy atom. The lowest BCUT2D eigenvalue weighted by Crippen LogP contribution is -2.45. The lowest BCUT2D eigenvalue weighted by atomic mass is 10.1. The minimum atomic E-state index is -0.447. The van der Waals surface area contributed by atoms with Gasteiger partial charge < -0.3 is 19.9 Å². The lowest BCUT2D eigenvalue weighted by molar-refractivity contribution is -0.119. The van der Waals surface area contributed by atoms with E-state index < -0.39 is 6.04 Å². The smallest absolute Gasteiger partial charge is 0.254 e. The molecule has 3 unspecified atom stereocenters. The van der Waals surface area contributed by atoms with Gasteiger partial charge in [0.1, 0.15) is 6.04 Å². The number of nitrogens with zero attached hydrogens (tertiary/aromatic N) is 2. The molecular weight excluding hydrogens is 458 g/mol. The van der Waals surface area contributed by atoms with E-state index in [9.17, 15) is 9.59 Å². The third-order valence-corrected chi connectivity index (χ3v) is 6.36. The average molecular weight is 486 g/mol. The molecule has 2 aromatic rings. The highest BCUT2D eigenvalue weighted by atomic mass is 79.9. The first-order chi connectivity index (χ1) is 14.9. The van der Waals surface area contributed by atoms with E-state index in [2.05, 4.69) is 40.0 Å². The van der Waals surface area contributed by atoms with Crippen LogP contribution in [0.3, 0.4) is 0 Å². The quantitative estimate of drug-likeness (QED) is 0.700. The number of anilines is 2. The first-order valence-corrected chi connectivity index (χ1v) is 11.6. The molecule has 0 bridgehead atoms. The number of halogens is 1. The van der Waals surface area contributed by atoms with Crippen LogP contribution in [0.2, 0.25) is 0 Å². The first kappa shape index (κ1) is 21.8. The summed E-state index contributed by atoms with van der Waals surface area (Å²) in [6.07, 6.45) is 1.89. The Labute approximate surface area is 191 Å². The number of benzene rings is 2. The number of carbonyl (C=O) groups excluding carboxylic acids is 2. The number of ether oxygens (including phenoxy) is 1. The van der Waals surface area contributed by atoms with Crippen molar-refractivity contribution >= 4 is 39.1 Å². The zero-order valence-electron chi connectivity index (χ0n) is 17.9. The number of morpholine rings is 1. The normalized spacial score (nSPS) is 23.6. The van der Waals surface area contributed by atoms with Crippen molar-refractivity contribution in [1.82, 2.24) is 4.90 Å². The third kappa shape index (κ3) is 5.10. The largest absolute Gasteiger partial charge is 0.372 e. The number of hydrogen-bond acceptors (Lipinski definition) is 4. The summed E-state index contributed by atoms with van der Waals surface area (Å²) in [7, 11) is 0. The van der Waals surface area contributed by atoms with Crippen LogP contribution in [-0.2, 0) is 9.53 Å². The van der Waals surface area contributed by atoms with Gasteiger partial charge in [-0.15, -0.1) is 0 Å². The second-order valence-electron chi connectivity index (χ2n) is 8.36. The molecule has 31 heavy (non-hydrogen) atoms. The van der Waals surface area contributed by atoms with Crippen molar-refractivity contribution in [3.63, 3.8) is 0 Å². The van der Waals surface area contributed by atoms with Gasteiger partial charge in [0.25, 0.3) is 5.91 Å². The fourth-order valence-corrected chi connectivity index (χ4v) is 4.67. The molecule has 2 fully saturated rings. The van der Waals surface area contributed by atoms with Crippen LogP contribution in [0.1, 0.15) is 37.0 Å². The molecule has 2 heterocycles. The summed E-state index contributed by atoms with van der Waals surface area (Å²) in [5.74, 6) is -0.236. The predicted octanol–water partition coefficient (Wildman–Crippen LogP) is 4.31. The summed E-state index contributed by atoms with van der Waals surface area (Å²) in [6.45, 7) is 6.47. The topological polar surface area (TPSA) is 61.9 Å². The van der Waals surface area contributed by atoms with Crippen LogP contribution in [-0.4, -0.2) is 54.6 Å². The Kier molecular flexibility index (Phi) is 6.62. The first-order valence-electron chi connectivity index (χ1n) is 10.8. The SMILES string of the molecule is CC1CN(c2ccc(NC(=O)C3CCCN3C(=O)c3ccc(Br)cc3)cc2)CC(C)O1. The van der Waals surface area contributed by atoms with Gasteiger partial charge in [-0.1, -0.05) is 15.9 Å². The van der Waals surface area contributed by atoms with E-state index in [4.69, 9.17) is 4.74 Å². The molecular formula is C24H28BrN3O3. The summed E-state index contributed by atoms with van der Waals surface area (Å²) in [5.41, 5.74) is 2.46. The molecule has 0 spiro atoms. The van der Waals surface area contributed by atoms with E-state index in [0.29, 0.717) is 18.5 Å². The third-order valence-electron chi connectivity index (χ3n) is 5.83. The summed E-state index contributed by atoms with van der Waals surface area (Å²) in [5, 5.41) is 2.99. The monoisotopic (exact) mass is 485 g/mol. The summed E-state index contributed by atoms with van der Waals surface area (Å²) < 4.78 is 6.73. The highest BCUT2D eigenvalue weighted by molar-refractivity contribution is 9.10. The minimum Gasteiger partial charge on any atom is -0.372 e. The van der Waals surface area contributed by atoms with Gasteiger partial charge in [0, 0.05) is 41.0 Å². The molecule has 4 rings (SSSR count). The Morgan fingerprint density at radius 1 is 1.00 bits per heavy atom. The van der Waals surface area contributed by atoms with Crippen molar-refractivity contribution in [2.75, 3.05) is 29.9 Å². The van der Waals surface area contributed by atoms with Crippen molar-refractivity contribution in [2.45, 2.75) is 44.9 Å². The van der Waals surface area contributed by atoms with Crippen LogP contribution in [0.15, 0.2) is 53.0 Å². The molecule has 2 aromatic carbocycles. The van der Waals surface area contributed by atoms with Crippen LogP contribution in [0.25, 0.3) is 0 Å². The zero-order chi connectivity index (χ0) is 22.0.